The number of amides is 4. The number of aromatic amines is 2. The number of thioether (sulfide) groups is 1. The Labute approximate surface area is 297 Å². The van der Waals surface area contributed by atoms with Crippen molar-refractivity contribution in [2.24, 2.45) is 5.73 Å². The molecule has 0 spiro atoms. The van der Waals surface area contributed by atoms with Crippen LogP contribution in [-0.2, 0) is 43.2 Å². The van der Waals surface area contributed by atoms with E-state index in [4.69, 9.17) is 5.73 Å². The molecule has 0 radical (unpaired) electrons. The molecule has 4 aromatic rings. The SMILES string of the molecule is CSCC[C@H](NC(=O)[C@H](Cc1c[nH]c2ccccc12)NC(=O)[C@H](Cc1ccc(O)cc1)NC(=O)[C@@H](N)Cc1cnc[nH]1)C(=O)N[C@@H](CO)C(=O)O. The molecule has 0 saturated heterocycles. The number of H-pyrrole nitrogens is 2. The number of carboxylic acids is 1. The average Bonchev–Trinajstić information content (AvgIpc) is 3.78. The van der Waals surface area contributed by atoms with Crippen LogP contribution in [0.15, 0.2) is 67.3 Å². The lowest BCUT2D eigenvalue weighted by Gasteiger charge is -2.26. The van der Waals surface area contributed by atoms with Crippen molar-refractivity contribution >= 4 is 52.3 Å². The predicted octanol–water partition coefficient (Wildman–Crippen LogP) is -0.279. The van der Waals surface area contributed by atoms with E-state index in [0.29, 0.717) is 22.6 Å². The second kappa shape index (κ2) is 18.6. The number of carbonyl (C=O) groups is 5. The fourth-order valence-electron chi connectivity index (χ4n) is 5.32. The van der Waals surface area contributed by atoms with E-state index in [-0.39, 0.29) is 31.4 Å². The van der Waals surface area contributed by atoms with Gasteiger partial charge in [-0.3, -0.25) is 19.2 Å². The number of aliphatic hydroxyl groups is 1. The lowest BCUT2D eigenvalue weighted by molar-refractivity contribution is -0.143. The van der Waals surface area contributed by atoms with Gasteiger partial charge in [-0.25, -0.2) is 9.78 Å². The molecule has 51 heavy (non-hydrogen) atoms. The Balaban J connectivity index is 1.61. The maximum absolute atomic E-state index is 14.1. The number of nitrogens with zero attached hydrogens (tertiary/aromatic N) is 1. The number of para-hydroxylation sites is 1. The summed E-state index contributed by atoms with van der Waals surface area (Å²) >= 11 is 1.40. The first-order valence-electron chi connectivity index (χ1n) is 16.1. The summed E-state index contributed by atoms with van der Waals surface area (Å²) < 4.78 is 0. The van der Waals surface area contributed by atoms with E-state index in [2.05, 4.69) is 36.2 Å². The van der Waals surface area contributed by atoms with Crippen LogP contribution in [0.25, 0.3) is 10.9 Å². The Morgan fingerprint density at radius 1 is 0.824 bits per heavy atom. The summed E-state index contributed by atoms with van der Waals surface area (Å²) in [5, 5.41) is 39.7. The molecule has 0 aliphatic rings. The molecule has 11 N–H and O–H groups in total. The fraction of sp³-hybridized carbons (Fsp3) is 0.353. The van der Waals surface area contributed by atoms with Gasteiger partial charge >= 0.3 is 5.97 Å². The first-order chi connectivity index (χ1) is 24.5. The molecule has 5 atom stereocenters. The number of carboxylic acid groups (broad SMARTS) is 1. The number of aliphatic hydroxyl groups excluding tert-OH is 1. The van der Waals surface area contributed by atoms with Gasteiger partial charge in [-0.05, 0) is 47.8 Å². The highest BCUT2D eigenvalue weighted by Crippen LogP contribution is 2.20. The van der Waals surface area contributed by atoms with Gasteiger partial charge in [0.05, 0.1) is 19.0 Å². The molecule has 17 heteroatoms. The summed E-state index contributed by atoms with van der Waals surface area (Å²) in [6, 6.07) is 7.11. The van der Waals surface area contributed by atoms with Crippen LogP contribution in [0.4, 0.5) is 0 Å². The van der Waals surface area contributed by atoms with Crippen LogP contribution in [0, 0.1) is 0 Å². The first kappa shape index (κ1) is 38.4. The smallest absolute Gasteiger partial charge is 0.328 e. The number of aromatic hydroxyl groups is 1. The van der Waals surface area contributed by atoms with Gasteiger partial charge in [-0.15, -0.1) is 0 Å². The van der Waals surface area contributed by atoms with Crippen LogP contribution in [0.5, 0.6) is 5.75 Å². The van der Waals surface area contributed by atoms with Gasteiger partial charge in [-0.1, -0.05) is 30.3 Å². The number of rotatable bonds is 19. The van der Waals surface area contributed by atoms with E-state index in [9.17, 15) is 39.3 Å². The summed E-state index contributed by atoms with van der Waals surface area (Å²) in [5.41, 5.74) is 8.85. The number of carbonyl (C=O) groups excluding carboxylic acids is 4. The first-order valence-corrected chi connectivity index (χ1v) is 17.5. The van der Waals surface area contributed by atoms with E-state index in [1.165, 1.54) is 36.4 Å². The molecule has 4 amide bonds. The number of hydrogen-bond donors (Lipinski definition) is 10. The van der Waals surface area contributed by atoms with Crippen LogP contribution >= 0.6 is 11.8 Å². The lowest BCUT2D eigenvalue weighted by atomic mass is 10.0. The number of aliphatic carboxylic acids is 1. The van der Waals surface area contributed by atoms with Gasteiger partial charge in [0.15, 0.2) is 0 Å². The monoisotopic (exact) mass is 722 g/mol. The number of imidazole rings is 1. The average molecular weight is 723 g/mol. The molecule has 272 valence electrons. The molecule has 2 aromatic heterocycles. The van der Waals surface area contributed by atoms with E-state index >= 15 is 0 Å². The van der Waals surface area contributed by atoms with Gasteiger partial charge in [0, 0.05) is 48.3 Å². The zero-order valence-corrected chi connectivity index (χ0v) is 28.6. The van der Waals surface area contributed by atoms with E-state index < -0.39 is 66.4 Å². The zero-order chi connectivity index (χ0) is 36.9. The van der Waals surface area contributed by atoms with Gasteiger partial charge < -0.3 is 52.3 Å². The predicted molar refractivity (Wildman–Crippen MR) is 190 cm³/mol. The minimum absolute atomic E-state index is 0.00885. The highest BCUT2D eigenvalue weighted by molar-refractivity contribution is 7.98. The van der Waals surface area contributed by atoms with Gasteiger partial charge in [0.1, 0.15) is 29.9 Å². The highest BCUT2D eigenvalue weighted by atomic mass is 32.2. The van der Waals surface area contributed by atoms with E-state index in [1.54, 1.807) is 24.6 Å². The number of nitrogens with one attached hydrogen (secondary N) is 6. The van der Waals surface area contributed by atoms with Crippen molar-refractivity contribution in [2.75, 3.05) is 18.6 Å². The second-order valence-electron chi connectivity index (χ2n) is 11.9. The molecule has 2 heterocycles. The number of nitrogens with two attached hydrogens (primary N) is 1. The molecule has 0 bridgehead atoms. The molecule has 0 aliphatic carbocycles. The highest BCUT2D eigenvalue weighted by Gasteiger charge is 2.32. The molecule has 0 aliphatic heterocycles. The molecule has 0 unspecified atom stereocenters. The third-order valence-corrected chi connectivity index (χ3v) is 8.76. The Kier molecular flexibility index (Phi) is 14.0. The minimum atomic E-state index is -1.59. The maximum Gasteiger partial charge on any atom is 0.328 e. The molecular weight excluding hydrogens is 680 g/mol. The topological polar surface area (TPSA) is 265 Å². The van der Waals surface area contributed by atoms with Crippen LogP contribution in [0.1, 0.15) is 23.2 Å². The maximum atomic E-state index is 14.1. The number of benzene rings is 2. The lowest BCUT2D eigenvalue weighted by Crippen LogP contribution is -2.59. The standard InChI is InChI=1S/C34H42N8O8S/c1-51-11-10-26(31(46)42-29(17-43)34(49)50)39-33(48)28(13-20-15-37-25-5-3-2-4-23(20)25)41-32(47)27(12-19-6-8-22(44)9-7-19)40-30(45)24(35)14-21-16-36-18-38-21/h2-9,15-16,18,24,26-29,37,43-44H,10-14,17,35H2,1H3,(H,36,38)(H,39,48)(H,40,45)(H,41,47)(H,42,46)(H,49,50)/t24-,26-,27-,28-,29-/m0/s1. The summed E-state index contributed by atoms with van der Waals surface area (Å²) in [5.74, 6) is -3.93. The third kappa shape index (κ3) is 11.1. The normalized spacial score (nSPS) is 14.1. The van der Waals surface area contributed by atoms with Gasteiger partial charge in [-0.2, -0.15) is 11.8 Å². The number of aromatic nitrogens is 3. The summed E-state index contributed by atoms with van der Waals surface area (Å²) in [6.45, 7) is -0.858. The van der Waals surface area contributed by atoms with E-state index in [1.807, 2.05) is 24.3 Å². The Bertz CT molecular complexity index is 1780. The van der Waals surface area contributed by atoms with Crippen molar-refractivity contribution in [2.45, 2.75) is 55.9 Å². The van der Waals surface area contributed by atoms with Crippen molar-refractivity contribution < 1.29 is 39.3 Å². The van der Waals surface area contributed by atoms with Crippen LogP contribution in [0.2, 0.25) is 0 Å². The Morgan fingerprint density at radius 2 is 1.45 bits per heavy atom. The van der Waals surface area contributed by atoms with Crippen molar-refractivity contribution in [3.8, 4) is 5.75 Å². The summed E-state index contributed by atoms with van der Waals surface area (Å²) in [7, 11) is 0. The quantitative estimate of drug-likeness (QED) is 0.0602. The number of hydrogen-bond acceptors (Lipinski definition) is 10. The van der Waals surface area contributed by atoms with E-state index in [0.717, 1.165) is 10.9 Å². The van der Waals surface area contributed by atoms with Crippen molar-refractivity contribution in [1.82, 2.24) is 36.2 Å². The van der Waals surface area contributed by atoms with Crippen molar-refractivity contribution in [3.63, 3.8) is 0 Å². The van der Waals surface area contributed by atoms with Crippen LogP contribution in [0.3, 0.4) is 0 Å². The summed E-state index contributed by atoms with van der Waals surface area (Å²) in [6.07, 6.45) is 6.68. The van der Waals surface area contributed by atoms with Crippen molar-refractivity contribution in [1.29, 1.82) is 0 Å². The second-order valence-corrected chi connectivity index (χ2v) is 12.9. The molecular formula is C34H42N8O8S. The Morgan fingerprint density at radius 3 is 2.10 bits per heavy atom. The van der Waals surface area contributed by atoms with Crippen LogP contribution < -0.4 is 27.0 Å². The minimum Gasteiger partial charge on any atom is -0.508 e. The molecule has 16 nitrogen and oxygen atoms in total. The molecule has 0 saturated carbocycles. The summed E-state index contributed by atoms with van der Waals surface area (Å²) in [4.78, 5) is 75.9. The van der Waals surface area contributed by atoms with Gasteiger partial charge in [0.2, 0.25) is 23.6 Å². The Hall–Kier alpha value is -5.39. The van der Waals surface area contributed by atoms with Crippen molar-refractivity contribution in [3.05, 3.63) is 84.1 Å². The fourth-order valence-corrected chi connectivity index (χ4v) is 5.79. The largest absolute Gasteiger partial charge is 0.508 e. The number of phenolic OH excluding ortho intramolecular Hbond substituents is 1. The number of fused-ring (bicyclic) bond motifs is 1. The van der Waals surface area contributed by atoms with Crippen LogP contribution in [-0.4, -0.2) is 109 Å². The molecule has 2 aromatic carbocycles. The molecule has 0 fully saturated rings. The third-order valence-electron chi connectivity index (χ3n) is 8.11. The number of phenols is 1. The zero-order valence-electron chi connectivity index (χ0n) is 27.8. The molecule has 4 rings (SSSR count). The van der Waals surface area contributed by atoms with Gasteiger partial charge in [0.25, 0.3) is 0 Å².